The van der Waals surface area contributed by atoms with Gasteiger partial charge in [0.1, 0.15) is 17.7 Å². The summed E-state index contributed by atoms with van der Waals surface area (Å²) in [4.78, 5) is 10.2. The number of ether oxygens (including phenoxy) is 1. The molecule has 6 heteroatoms. The van der Waals surface area contributed by atoms with Crippen molar-refractivity contribution in [2.24, 2.45) is 0 Å². The van der Waals surface area contributed by atoms with Gasteiger partial charge in [0.15, 0.2) is 0 Å². The first-order chi connectivity index (χ1) is 9.63. The highest BCUT2D eigenvalue weighted by atomic mass is 19.1. The van der Waals surface area contributed by atoms with Crippen LogP contribution in [0.1, 0.15) is 11.7 Å². The predicted molar refractivity (Wildman–Crippen MR) is 71.4 cm³/mol. The molecule has 0 aliphatic carbocycles. The van der Waals surface area contributed by atoms with Crippen molar-refractivity contribution in [1.82, 2.24) is 0 Å². The van der Waals surface area contributed by atoms with E-state index in [1.807, 2.05) is 0 Å². The molecule has 0 amide bonds. The Balaban J connectivity index is 1.87. The van der Waals surface area contributed by atoms with E-state index in [4.69, 9.17) is 4.74 Å². The first kappa shape index (κ1) is 12.4. The monoisotopic (exact) mass is 274 g/mol. The van der Waals surface area contributed by atoms with E-state index >= 15 is 0 Å². The molecule has 2 aromatic rings. The van der Waals surface area contributed by atoms with Crippen LogP contribution in [-0.2, 0) is 0 Å². The van der Waals surface area contributed by atoms with Crippen LogP contribution in [0.4, 0.5) is 15.8 Å². The topological polar surface area (TPSA) is 64.4 Å². The number of hydrogen-bond acceptors (Lipinski definition) is 4. The van der Waals surface area contributed by atoms with E-state index in [1.165, 1.54) is 24.3 Å². The highest BCUT2D eigenvalue weighted by Crippen LogP contribution is 2.36. The highest BCUT2D eigenvalue weighted by molar-refractivity contribution is 5.63. The Hall–Kier alpha value is -2.63. The molecule has 1 aliphatic rings. The van der Waals surface area contributed by atoms with Gasteiger partial charge in [0.25, 0.3) is 5.69 Å². The smallest absolute Gasteiger partial charge is 0.271 e. The molecule has 1 N–H and O–H groups in total. The molecular formula is C14H11FN2O3. The van der Waals surface area contributed by atoms with Gasteiger partial charge < -0.3 is 10.1 Å². The molecule has 0 radical (unpaired) electrons. The number of fused-ring (bicyclic) bond motifs is 1. The lowest BCUT2D eigenvalue weighted by atomic mass is 10.1. The maximum atomic E-state index is 13.2. The Morgan fingerprint density at radius 3 is 2.90 bits per heavy atom. The molecule has 0 bridgehead atoms. The van der Waals surface area contributed by atoms with Crippen molar-refractivity contribution in [3.63, 3.8) is 0 Å². The number of nitrogens with zero attached hydrogens (tertiary/aromatic N) is 1. The Morgan fingerprint density at radius 1 is 1.30 bits per heavy atom. The van der Waals surface area contributed by atoms with Gasteiger partial charge in [-0.1, -0.05) is 12.1 Å². The van der Waals surface area contributed by atoms with E-state index in [-0.39, 0.29) is 17.6 Å². The van der Waals surface area contributed by atoms with Crippen LogP contribution >= 0.6 is 0 Å². The highest BCUT2D eigenvalue weighted by Gasteiger charge is 2.23. The number of rotatable bonds is 2. The van der Waals surface area contributed by atoms with Gasteiger partial charge in [0.05, 0.1) is 17.2 Å². The van der Waals surface area contributed by atoms with Crippen LogP contribution in [0.5, 0.6) is 5.75 Å². The summed E-state index contributed by atoms with van der Waals surface area (Å²) in [6.45, 7) is 0.428. The van der Waals surface area contributed by atoms with Crippen molar-refractivity contribution in [2.45, 2.75) is 6.10 Å². The fourth-order valence-electron chi connectivity index (χ4n) is 2.16. The lowest BCUT2D eigenvalue weighted by Gasteiger charge is -2.27. The van der Waals surface area contributed by atoms with Crippen molar-refractivity contribution in [2.75, 3.05) is 11.9 Å². The number of benzene rings is 2. The standard InChI is InChI=1S/C14H11FN2O3/c15-10-3-1-2-9(6-10)14-8-16-12-7-11(17(18)19)4-5-13(12)20-14/h1-7,14,16H,8H2. The summed E-state index contributed by atoms with van der Waals surface area (Å²) in [7, 11) is 0. The van der Waals surface area contributed by atoms with Gasteiger partial charge in [-0.25, -0.2) is 4.39 Å². The van der Waals surface area contributed by atoms with Crippen LogP contribution in [0, 0.1) is 15.9 Å². The Labute approximate surface area is 114 Å². The lowest BCUT2D eigenvalue weighted by molar-refractivity contribution is -0.384. The summed E-state index contributed by atoms with van der Waals surface area (Å²) in [5, 5.41) is 13.8. The van der Waals surface area contributed by atoms with E-state index in [0.29, 0.717) is 18.0 Å². The first-order valence-electron chi connectivity index (χ1n) is 6.08. The third-order valence-corrected chi connectivity index (χ3v) is 3.14. The van der Waals surface area contributed by atoms with Crippen molar-refractivity contribution in [3.05, 3.63) is 64.0 Å². The molecule has 0 saturated carbocycles. The molecular weight excluding hydrogens is 263 g/mol. The van der Waals surface area contributed by atoms with E-state index in [1.54, 1.807) is 18.2 Å². The SMILES string of the molecule is O=[N+]([O-])c1ccc2c(c1)NCC(c1cccc(F)c1)O2. The first-order valence-corrected chi connectivity index (χ1v) is 6.08. The maximum Gasteiger partial charge on any atom is 0.271 e. The summed E-state index contributed by atoms with van der Waals surface area (Å²) in [6, 6.07) is 10.6. The second-order valence-electron chi connectivity index (χ2n) is 4.48. The van der Waals surface area contributed by atoms with Crippen LogP contribution < -0.4 is 10.1 Å². The van der Waals surface area contributed by atoms with Crippen LogP contribution in [0.15, 0.2) is 42.5 Å². The number of nitro groups is 1. The minimum atomic E-state index is -0.458. The summed E-state index contributed by atoms with van der Waals surface area (Å²) in [5.74, 6) is 0.205. The van der Waals surface area contributed by atoms with Crippen molar-refractivity contribution >= 4 is 11.4 Å². The van der Waals surface area contributed by atoms with E-state index < -0.39 is 4.92 Å². The van der Waals surface area contributed by atoms with Crippen molar-refractivity contribution in [3.8, 4) is 5.75 Å². The minimum Gasteiger partial charge on any atom is -0.482 e. The van der Waals surface area contributed by atoms with Gasteiger partial charge >= 0.3 is 0 Å². The summed E-state index contributed by atoms with van der Waals surface area (Å²) in [6.07, 6.45) is -0.320. The van der Waals surface area contributed by atoms with Crippen LogP contribution in [0.3, 0.4) is 0 Å². The zero-order chi connectivity index (χ0) is 14.1. The van der Waals surface area contributed by atoms with Crippen LogP contribution in [0.25, 0.3) is 0 Å². The zero-order valence-corrected chi connectivity index (χ0v) is 10.4. The number of hydrogen-bond donors (Lipinski definition) is 1. The number of non-ortho nitro benzene ring substituents is 1. The molecule has 1 aliphatic heterocycles. The zero-order valence-electron chi connectivity index (χ0n) is 10.4. The van der Waals surface area contributed by atoms with Gasteiger partial charge in [-0.3, -0.25) is 10.1 Å². The van der Waals surface area contributed by atoms with Crippen molar-refractivity contribution < 1.29 is 14.1 Å². The fourth-order valence-corrected chi connectivity index (χ4v) is 2.16. The van der Waals surface area contributed by atoms with Crippen LogP contribution in [-0.4, -0.2) is 11.5 Å². The number of anilines is 1. The second-order valence-corrected chi connectivity index (χ2v) is 4.48. The van der Waals surface area contributed by atoms with Gasteiger partial charge in [0.2, 0.25) is 0 Å². The van der Waals surface area contributed by atoms with E-state index in [0.717, 1.165) is 5.56 Å². The molecule has 1 atom stereocenters. The van der Waals surface area contributed by atoms with E-state index in [9.17, 15) is 14.5 Å². The third kappa shape index (κ3) is 2.27. The molecule has 5 nitrogen and oxygen atoms in total. The lowest BCUT2D eigenvalue weighted by Crippen LogP contribution is -2.23. The number of nitro benzene ring substituents is 1. The molecule has 0 spiro atoms. The molecule has 1 heterocycles. The van der Waals surface area contributed by atoms with Crippen molar-refractivity contribution in [1.29, 1.82) is 0 Å². The number of halogens is 1. The van der Waals surface area contributed by atoms with Crippen LogP contribution in [0.2, 0.25) is 0 Å². The molecule has 102 valence electrons. The Morgan fingerprint density at radius 2 is 2.15 bits per heavy atom. The van der Waals surface area contributed by atoms with Gasteiger partial charge in [0, 0.05) is 12.1 Å². The van der Waals surface area contributed by atoms with Gasteiger partial charge in [-0.05, 0) is 23.8 Å². The minimum absolute atomic E-state index is 0.00376. The summed E-state index contributed by atoms with van der Waals surface area (Å²) < 4.78 is 19.0. The second kappa shape index (κ2) is 4.80. The molecule has 0 saturated heterocycles. The van der Waals surface area contributed by atoms with Gasteiger partial charge in [-0.2, -0.15) is 0 Å². The molecule has 0 aromatic heterocycles. The van der Waals surface area contributed by atoms with Gasteiger partial charge in [-0.15, -0.1) is 0 Å². The average molecular weight is 274 g/mol. The predicted octanol–water partition coefficient (Wildman–Crippen LogP) is 3.28. The molecule has 20 heavy (non-hydrogen) atoms. The largest absolute Gasteiger partial charge is 0.482 e. The fraction of sp³-hybridized carbons (Fsp3) is 0.143. The summed E-state index contributed by atoms with van der Waals surface area (Å²) >= 11 is 0. The quantitative estimate of drug-likeness (QED) is 0.674. The molecule has 0 fully saturated rings. The average Bonchev–Trinajstić information content (AvgIpc) is 2.46. The molecule has 3 rings (SSSR count). The molecule has 2 aromatic carbocycles. The Kier molecular flexibility index (Phi) is 2.98. The number of nitrogens with one attached hydrogen (secondary N) is 1. The third-order valence-electron chi connectivity index (χ3n) is 3.14. The summed E-state index contributed by atoms with van der Waals surface area (Å²) in [5.41, 5.74) is 1.30. The Bertz CT molecular complexity index is 675. The maximum absolute atomic E-state index is 13.2. The van der Waals surface area contributed by atoms with E-state index in [2.05, 4.69) is 5.32 Å². The molecule has 1 unspecified atom stereocenters. The normalized spacial score (nSPS) is 16.8.